The van der Waals surface area contributed by atoms with Gasteiger partial charge in [0.25, 0.3) is 0 Å². The summed E-state index contributed by atoms with van der Waals surface area (Å²) in [6, 6.07) is 8.10. The zero-order valence-electron chi connectivity index (χ0n) is 13.7. The van der Waals surface area contributed by atoms with E-state index in [0.29, 0.717) is 11.0 Å². The van der Waals surface area contributed by atoms with Gasteiger partial charge in [-0.2, -0.15) is 0 Å². The van der Waals surface area contributed by atoms with Gasteiger partial charge in [0.05, 0.1) is 5.75 Å². The molecule has 1 aromatic carbocycles. The Bertz CT molecular complexity index is 653. The van der Waals surface area contributed by atoms with E-state index in [-0.39, 0.29) is 17.7 Å². The smallest absolute Gasteiger partial charge is 0.230 e. The zero-order chi connectivity index (χ0) is 16.8. The molecule has 1 aromatic heterocycles. The Labute approximate surface area is 140 Å². The van der Waals surface area contributed by atoms with Crippen LogP contribution < -0.4 is 11.2 Å². The molecule has 0 aliphatic rings. The molecule has 23 heavy (non-hydrogen) atoms. The molecule has 124 valence electrons. The maximum Gasteiger partial charge on any atom is 0.230 e. The topological polar surface area (TPSA) is 85.8 Å². The van der Waals surface area contributed by atoms with Crippen LogP contribution in [0, 0.1) is 6.92 Å². The summed E-state index contributed by atoms with van der Waals surface area (Å²) in [6.07, 6.45) is 2.02. The first-order valence-corrected chi connectivity index (χ1v) is 8.69. The second-order valence-corrected chi connectivity index (χ2v) is 6.53. The number of aromatic nitrogens is 3. The normalized spacial score (nSPS) is 12.1. The van der Waals surface area contributed by atoms with Crippen molar-refractivity contribution in [2.45, 2.75) is 44.8 Å². The molecule has 2 rings (SSSR count). The lowest BCUT2D eigenvalue weighted by atomic mass is 10.1. The number of aryl methyl sites for hydroxylation is 1. The average molecular weight is 333 g/mol. The van der Waals surface area contributed by atoms with Gasteiger partial charge in [0, 0.05) is 11.6 Å². The molecule has 7 heteroatoms. The Morgan fingerprint density at radius 3 is 2.70 bits per heavy atom. The van der Waals surface area contributed by atoms with Crippen molar-refractivity contribution in [2.75, 3.05) is 11.6 Å². The maximum absolute atomic E-state index is 11.9. The Morgan fingerprint density at radius 2 is 2.04 bits per heavy atom. The third kappa shape index (κ3) is 4.72. The fourth-order valence-electron chi connectivity index (χ4n) is 2.23. The van der Waals surface area contributed by atoms with Crippen LogP contribution in [0.1, 0.15) is 32.3 Å². The molecule has 0 fully saturated rings. The highest BCUT2D eigenvalue weighted by molar-refractivity contribution is 7.99. The van der Waals surface area contributed by atoms with Crippen LogP contribution in [0.4, 0.5) is 0 Å². The summed E-state index contributed by atoms with van der Waals surface area (Å²) < 4.78 is 1.43. The summed E-state index contributed by atoms with van der Waals surface area (Å²) >= 11 is 1.29. The largest absolute Gasteiger partial charge is 0.353 e. The molecule has 0 saturated heterocycles. The van der Waals surface area contributed by atoms with Crippen LogP contribution in [-0.2, 0) is 4.79 Å². The first-order valence-electron chi connectivity index (χ1n) is 7.71. The zero-order valence-corrected chi connectivity index (χ0v) is 14.6. The third-order valence-electron chi connectivity index (χ3n) is 3.44. The number of nitrogens with zero attached hydrogens (tertiary/aromatic N) is 3. The van der Waals surface area contributed by atoms with E-state index in [2.05, 4.69) is 22.4 Å². The molecule has 0 aliphatic heterocycles. The van der Waals surface area contributed by atoms with Crippen molar-refractivity contribution in [1.29, 1.82) is 0 Å². The standard InChI is InChI=1S/C16H23N5OS/c1-4-5-12(3)18-14(22)10-23-16-20-19-15(21(16)17)13-8-6-11(2)7-9-13/h6-9,12H,4-5,10,17H2,1-3H3,(H,18,22). The SMILES string of the molecule is CCCC(C)NC(=O)CSc1nnc(-c2ccc(C)cc2)n1N. The fraction of sp³-hybridized carbons (Fsp3) is 0.438. The van der Waals surface area contributed by atoms with E-state index in [4.69, 9.17) is 5.84 Å². The highest BCUT2D eigenvalue weighted by Crippen LogP contribution is 2.21. The van der Waals surface area contributed by atoms with Crippen molar-refractivity contribution >= 4 is 17.7 Å². The van der Waals surface area contributed by atoms with Gasteiger partial charge in [-0.25, -0.2) is 4.68 Å². The first kappa shape index (κ1) is 17.3. The van der Waals surface area contributed by atoms with Gasteiger partial charge in [-0.3, -0.25) is 4.79 Å². The van der Waals surface area contributed by atoms with E-state index in [1.54, 1.807) is 0 Å². The number of carbonyl (C=O) groups is 1. The number of nitrogen functional groups attached to an aromatic ring is 1. The third-order valence-corrected chi connectivity index (χ3v) is 4.38. The van der Waals surface area contributed by atoms with Crippen molar-refractivity contribution < 1.29 is 4.79 Å². The lowest BCUT2D eigenvalue weighted by Crippen LogP contribution is -2.33. The maximum atomic E-state index is 11.9. The summed E-state index contributed by atoms with van der Waals surface area (Å²) in [5.74, 6) is 6.90. The lowest BCUT2D eigenvalue weighted by Gasteiger charge is -2.12. The van der Waals surface area contributed by atoms with Crippen molar-refractivity contribution in [3.05, 3.63) is 29.8 Å². The van der Waals surface area contributed by atoms with Crippen LogP contribution in [0.25, 0.3) is 11.4 Å². The van der Waals surface area contributed by atoms with E-state index >= 15 is 0 Å². The number of rotatable bonds is 7. The monoisotopic (exact) mass is 333 g/mol. The Balaban J connectivity index is 1.97. The van der Waals surface area contributed by atoms with Gasteiger partial charge in [0.15, 0.2) is 5.82 Å². The van der Waals surface area contributed by atoms with Crippen LogP contribution in [-0.4, -0.2) is 32.6 Å². The number of hydrogen-bond donors (Lipinski definition) is 2. The molecule has 2 aromatic rings. The van der Waals surface area contributed by atoms with E-state index in [9.17, 15) is 4.79 Å². The predicted molar refractivity (Wildman–Crippen MR) is 93.6 cm³/mol. The summed E-state index contributed by atoms with van der Waals surface area (Å²) in [7, 11) is 0. The van der Waals surface area contributed by atoms with Crippen molar-refractivity contribution in [1.82, 2.24) is 20.2 Å². The van der Waals surface area contributed by atoms with E-state index < -0.39 is 0 Å². The summed E-state index contributed by atoms with van der Waals surface area (Å²) in [4.78, 5) is 11.9. The number of benzene rings is 1. The predicted octanol–water partition coefficient (Wildman–Crippen LogP) is 2.36. The van der Waals surface area contributed by atoms with Gasteiger partial charge >= 0.3 is 0 Å². The lowest BCUT2D eigenvalue weighted by molar-refractivity contribution is -0.119. The number of amides is 1. The minimum absolute atomic E-state index is 0.0177. The van der Waals surface area contributed by atoms with Crippen LogP contribution in [0.2, 0.25) is 0 Å². The van der Waals surface area contributed by atoms with E-state index in [0.717, 1.165) is 18.4 Å². The molecule has 1 heterocycles. The molecule has 0 spiro atoms. The Kier molecular flexibility index (Phi) is 6.04. The van der Waals surface area contributed by atoms with E-state index in [1.165, 1.54) is 22.0 Å². The fourth-order valence-corrected chi connectivity index (χ4v) is 2.89. The van der Waals surface area contributed by atoms with Crippen LogP contribution in [0.15, 0.2) is 29.4 Å². The highest BCUT2D eigenvalue weighted by Gasteiger charge is 2.14. The van der Waals surface area contributed by atoms with Crippen LogP contribution >= 0.6 is 11.8 Å². The number of thioether (sulfide) groups is 1. The van der Waals surface area contributed by atoms with Crippen molar-refractivity contribution in [3.8, 4) is 11.4 Å². The minimum Gasteiger partial charge on any atom is -0.353 e. The molecule has 1 amide bonds. The first-order chi connectivity index (χ1) is 11.0. The number of carbonyl (C=O) groups excluding carboxylic acids is 1. The second-order valence-electron chi connectivity index (χ2n) is 5.59. The molecule has 0 aliphatic carbocycles. The summed E-state index contributed by atoms with van der Waals surface area (Å²) in [6.45, 7) is 6.13. The van der Waals surface area contributed by atoms with Crippen molar-refractivity contribution in [3.63, 3.8) is 0 Å². The number of hydrogen-bond acceptors (Lipinski definition) is 5. The van der Waals surface area contributed by atoms with Gasteiger partial charge in [0.1, 0.15) is 0 Å². The quantitative estimate of drug-likeness (QED) is 0.600. The van der Waals surface area contributed by atoms with Crippen LogP contribution in [0.3, 0.4) is 0 Å². The molecule has 0 radical (unpaired) electrons. The van der Waals surface area contributed by atoms with Gasteiger partial charge in [-0.05, 0) is 20.3 Å². The van der Waals surface area contributed by atoms with Crippen LogP contribution in [0.5, 0.6) is 0 Å². The van der Waals surface area contributed by atoms with Gasteiger partial charge < -0.3 is 11.2 Å². The molecular weight excluding hydrogens is 310 g/mol. The average Bonchev–Trinajstić information content (AvgIpc) is 2.87. The minimum atomic E-state index is -0.0177. The van der Waals surface area contributed by atoms with Gasteiger partial charge in [0.2, 0.25) is 11.1 Å². The summed E-state index contributed by atoms with van der Waals surface area (Å²) in [5.41, 5.74) is 2.07. The van der Waals surface area contributed by atoms with Gasteiger partial charge in [-0.1, -0.05) is 54.9 Å². The molecule has 6 nitrogen and oxygen atoms in total. The molecule has 3 N–H and O–H groups in total. The molecular formula is C16H23N5OS. The van der Waals surface area contributed by atoms with Crippen molar-refractivity contribution in [2.24, 2.45) is 0 Å². The van der Waals surface area contributed by atoms with Gasteiger partial charge in [-0.15, -0.1) is 10.2 Å². The second kappa shape index (κ2) is 8.01. The molecule has 0 saturated carbocycles. The van der Waals surface area contributed by atoms with E-state index in [1.807, 2.05) is 38.1 Å². The molecule has 1 atom stereocenters. The Morgan fingerprint density at radius 1 is 1.35 bits per heavy atom. The number of nitrogens with one attached hydrogen (secondary N) is 1. The summed E-state index contributed by atoms with van der Waals surface area (Å²) in [5, 5.41) is 11.7. The molecule has 0 bridgehead atoms. The highest BCUT2D eigenvalue weighted by atomic mass is 32.2. The number of nitrogens with two attached hydrogens (primary N) is 1. The Hall–Kier alpha value is -2.02. The molecule has 1 unspecified atom stereocenters.